The third-order valence-corrected chi connectivity index (χ3v) is 2.48. The summed E-state index contributed by atoms with van der Waals surface area (Å²) in [6.45, 7) is 5.72. The summed E-state index contributed by atoms with van der Waals surface area (Å²) in [5.74, 6) is 0. The van der Waals surface area contributed by atoms with Gasteiger partial charge in [0.15, 0.2) is 0 Å². The first-order valence-corrected chi connectivity index (χ1v) is 4.92. The van der Waals surface area contributed by atoms with Gasteiger partial charge in [0.05, 0.1) is 22.9 Å². The van der Waals surface area contributed by atoms with Crippen LogP contribution in [-0.2, 0) is 5.41 Å². The summed E-state index contributed by atoms with van der Waals surface area (Å²) in [6.07, 6.45) is 1.51. The predicted octanol–water partition coefficient (Wildman–Crippen LogP) is 1.56. The van der Waals surface area contributed by atoms with Crippen LogP contribution in [0.5, 0.6) is 0 Å². The number of rotatable bonds is 3. The van der Waals surface area contributed by atoms with E-state index in [4.69, 9.17) is 5.26 Å². The van der Waals surface area contributed by atoms with Gasteiger partial charge in [0.2, 0.25) is 0 Å². The van der Waals surface area contributed by atoms with Crippen molar-refractivity contribution in [3.8, 4) is 6.07 Å². The molecule has 1 unspecified atom stereocenters. The zero-order valence-corrected chi connectivity index (χ0v) is 9.57. The van der Waals surface area contributed by atoms with E-state index in [-0.39, 0.29) is 6.04 Å². The molecule has 0 fully saturated rings. The van der Waals surface area contributed by atoms with Crippen LogP contribution in [-0.4, -0.2) is 17.0 Å². The Kier molecular flexibility index (Phi) is 3.38. The average molecular weight is 204 g/mol. The molecule has 0 aliphatic carbocycles. The molecular weight excluding hydrogens is 188 g/mol. The van der Waals surface area contributed by atoms with Gasteiger partial charge in [-0.25, -0.2) is 9.97 Å². The van der Waals surface area contributed by atoms with Gasteiger partial charge in [0, 0.05) is 6.04 Å². The molecule has 1 atom stereocenters. The van der Waals surface area contributed by atoms with Crippen LogP contribution in [0.1, 0.15) is 38.2 Å². The lowest BCUT2D eigenvalue weighted by Gasteiger charge is -2.16. The molecule has 1 N–H and O–H groups in total. The summed E-state index contributed by atoms with van der Waals surface area (Å²) in [5, 5.41) is 12.1. The van der Waals surface area contributed by atoms with Gasteiger partial charge in [0.25, 0.3) is 0 Å². The fraction of sp³-hybridized carbons (Fsp3) is 0.545. The molecule has 1 rings (SSSR count). The number of aromatic nitrogens is 2. The molecule has 1 aromatic rings. The Morgan fingerprint density at radius 1 is 1.47 bits per heavy atom. The maximum Gasteiger partial charge on any atom is 0.116 e. The van der Waals surface area contributed by atoms with Gasteiger partial charge in [-0.3, -0.25) is 0 Å². The molecule has 0 aliphatic rings. The molecule has 0 aliphatic heterocycles. The number of hydrogen-bond donors (Lipinski definition) is 1. The van der Waals surface area contributed by atoms with Gasteiger partial charge in [-0.2, -0.15) is 5.26 Å². The highest BCUT2D eigenvalue weighted by molar-refractivity contribution is 5.25. The topological polar surface area (TPSA) is 61.6 Å². The minimum absolute atomic E-state index is 0.168. The minimum Gasteiger partial charge on any atom is -0.312 e. The lowest BCUT2D eigenvalue weighted by atomic mass is 9.90. The van der Waals surface area contributed by atoms with E-state index in [9.17, 15) is 0 Å². The van der Waals surface area contributed by atoms with Gasteiger partial charge >= 0.3 is 0 Å². The molecule has 80 valence electrons. The Balaban J connectivity index is 3.09. The van der Waals surface area contributed by atoms with Crippen molar-refractivity contribution in [3.63, 3.8) is 0 Å². The van der Waals surface area contributed by atoms with Crippen molar-refractivity contribution in [1.29, 1.82) is 5.26 Å². The molecule has 4 nitrogen and oxygen atoms in total. The summed E-state index contributed by atoms with van der Waals surface area (Å²) in [4.78, 5) is 8.31. The van der Waals surface area contributed by atoms with Crippen LogP contribution in [0.25, 0.3) is 0 Å². The maximum absolute atomic E-state index is 9.01. The molecule has 0 saturated heterocycles. The van der Waals surface area contributed by atoms with E-state index in [2.05, 4.69) is 21.4 Å². The monoisotopic (exact) mass is 204 g/mol. The molecule has 0 spiro atoms. The molecule has 1 heterocycles. The van der Waals surface area contributed by atoms with E-state index < -0.39 is 5.41 Å². The molecule has 0 aromatic carbocycles. The number of hydrogen-bond acceptors (Lipinski definition) is 4. The van der Waals surface area contributed by atoms with Crippen molar-refractivity contribution < 1.29 is 0 Å². The fourth-order valence-electron chi connectivity index (χ4n) is 1.16. The van der Waals surface area contributed by atoms with Crippen LogP contribution >= 0.6 is 0 Å². The van der Waals surface area contributed by atoms with Crippen molar-refractivity contribution in [2.24, 2.45) is 0 Å². The van der Waals surface area contributed by atoms with Crippen LogP contribution in [0, 0.1) is 11.3 Å². The van der Waals surface area contributed by atoms with Crippen molar-refractivity contribution in [2.75, 3.05) is 7.05 Å². The predicted molar refractivity (Wildman–Crippen MR) is 58.1 cm³/mol. The first-order chi connectivity index (χ1) is 7.01. The Labute approximate surface area is 90.4 Å². The van der Waals surface area contributed by atoms with Crippen molar-refractivity contribution in [1.82, 2.24) is 15.3 Å². The van der Waals surface area contributed by atoms with Crippen LogP contribution < -0.4 is 5.32 Å². The lowest BCUT2D eigenvalue weighted by Crippen LogP contribution is -2.19. The van der Waals surface area contributed by atoms with Crippen molar-refractivity contribution >= 4 is 0 Å². The van der Waals surface area contributed by atoms with Gasteiger partial charge in [-0.15, -0.1) is 0 Å². The first kappa shape index (κ1) is 11.6. The summed E-state index contributed by atoms with van der Waals surface area (Å²) < 4.78 is 0. The van der Waals surface area contributed by atoms with Gasteiger partial charge in [-0.05, 0) is 33.9 Å². The molecule has 0 amide bonds. The summed E-state index contributed by atoms with van der Waals surface area (Å²) in [6, 6.07) is 4.28. The normalized spacial score (nSPS) is 13.3. The van der Waals surface area contributed by atoms with E-state index in [1.807, 2.05) is 33.9 Å². The Morgan fingerprint density at radius 3 is 2.67 bits per heavy atom. The minimum atomic E-state index is -0.564. The standard InChI is InChI=1S/C11H16N4/c1-8(13-4)9-5-10(15-7-14-9)11(2,3)6-12/h5,7-8,13H,1-4H3. The molecule has 0 bridgehead atoms. The highest BCUT2D eigenvalue weighted by Crippen LogP contribution is 2.21. The fourth-order valence-corrected chi connectivity index (χ4v) is 1.16. The molecule has 0 radical (unpaired) electrons. The van der Waals surface area contributed by atoms with E-state index in [1.54, 1.807) is 0 Å². The second-order valence-electron chi connectivity index (χ2n) is 4.08. The van der Waals surface area contributed by atoms with Crippen LogP contribution in [0.3, 0.4) is 0 Å². The second-order valence-corrected chi connectivity index (χ2v) is 4.08. The molecular formula is C11H16N4. The third-order valence-electron chi connectivity index (χ3n) is 2.48. The highest BCUT2D eigenvalue weighted by atomic mass is 14.9. The van der Waals surface area contributed by atoms with E-state index in [0.29, 0.717) is 0 Å². The Morgan fingerprint density at radius 2 is 2.13 bits per heavy atom. The van der Waals surface area contributed by atoms with Crippen LogP contribution in [0.2, 0.25) is 0 Å². The number of nitriles is 1. The Hall–Kier alpha value is -1.47. The molecule has 0 saturated carbocycles. The zero-order chi connectivity index (χ0) is 11.5. The van der Waals surface area contributed by atoms with Crippen molar-refractivity contribution in [2.45, 2.75) is 32.2 Å². The summed E-state index contributed by atoms with van der Waals surface area (Å²) >= 11 is 0. The number of nitrogens with one attached hydrogen (secondary N) is 1. The SMILES string of the molecule is CNC(C)c1cc(C(C)(C)C#N)ncn1. The molecule has 15 heavy (non-hydrogen) atoms. The zero-order valence-electron chi connectivity index (χ0n) is 9.57. The lowest BCUT2D eigenvalue weighted by molar-refractivity contribution is 0.610. The van der Waals surface area contributed by atoms with E-state index >= 15 is 0 Å². The van der Waals surface area contributed by atoms with Crippen LogP contribution in [0.15, 0.2) is 12.4 Å². The van der Waals surface area contributed by atoms with Gasteiger partial charge in [-0.1, -0.05) is 0 Å². The quantitative estimate of drug-likeness (QED) is 0.811. The van der Waals surface area contributed by atoms with Crippen molar-refractivity contribution in [3.05, 3.63) is 23.8 Å². The molecule has 4 heteroatoms. The Bertz CT molecular complexity index is 378. The second kappa shape index (κ2) is 4.37. The molecule has 1 aromatic heterocycles. The van der Waals surface area contributed by atoms with Crippen LogP contribution in [0.4, 0.5) is 0 Å². The third kappa shape index (κ3) is 2.51. The number of nitrogens with zero attached hydrogens (tertiary/aromatic N) is 3. The van der Waals surface area contributed by atoms with Gasteiger partial charge in [0.1, 0.15) is 6.33 Å². The maximum atomic E-state index is 9.01. The van der Waals surface area contributed by atoms with Gasteiger partial charge < -0.3 is 5.32 Å². The van der Waals surface area contributed by atoms with E-state index in [1.165, 1.54) is 6.33 Å². The highest BCUT2D eigenvalue weighted by Gasteiger charge is 2.22. The van der Waals surface area contributed by atoms with E-state index in [0.717, 1.165) is 11.4 Å². The first-order valence-electron chi connectivity index (χ1n) is 4.92. The largest absolute Gasteiger partial charge is 0.312 e. The summed E-state index contributed by atoms with van der Waals surface area (Å²) in [7, 11) is 1.88. The smallest absolute Gasteiger partial charge is 0.116 e. The summed E-state index contributed by atoms with van der Waals surface area (Å²) in [5.41, 5.74) is 1.11. The average Bonchev–Trinajstić information content (AvgIpc) is 2.28.